The third-order valence-corrected chi connectivity index (χ3v) is 10.0. The van der Waals surface area contributed by atoms with Crippen LogP contribution in [0.3, 0.4) is 0 Å². The Kier molecular flexibility index (Phi) is 10.5. The van der Waals surface area contributed by atoms with E-state index in [1.807, 2.05) is 12.1 Å². The standard InChI is InChI=1S/C28H36Cl2N4O5S/c1-40(38,39)32-17-11-23(12-18-32)28(35)33(25-7-8-26(29)27(30)20-25)14-2-13-31-15-9-22(10-16-31)19-21-3-5-24(6-4-21)34(36)37/h3-8,20,22-23H,2,9-19H2,1H3. The number of benzene rings is 2. The lowest BCUT2D eigenvalue weighted by atomic mass is 9.90. The Balaban J connectivity index is 1.30. The number of likely N-dealkylation sites (tertiary alicyclic amines) is 1. The molecule has 2 aromatic rings. The Labute approximate surface area is 246 Å². The average molecular weight is 612 g/mol. The second kappa shape index (κ2) is 13.6. The van der Waals surface area contributed by atoms with Crippen molar-refractivity contribution in [2.45, 2.75) is 38.5 Å². The molecule has 0 aliphatic carbocycles. The summed E-state index contributed by atoms with van der Waals surface area (Å²) in [6.45, 7) is 4.04. The number of piperidine rings is 2. The number of nitro benzene ring substituents is 1. The van der Waals surface area contributed by atoms with Gasteiger partial charge in [-0.25, -0.2) is 12.7 Å². The third kappa shape index (κ3) is 8.16. The Morgan fingerprint density at radius 2 is 1.65 bits per heavy atom. The van der Waals surface area contributed by atoms with Crippen LogP contribution in [0.2, 0.25) is 10.0 Å². The molecule has 40 heavy (non-hydrogen) atoms. The lowest BCUT2D eigenvalue weighted by Gasteiger charge is -2.35. The van der Waals surface area contributed by atoms with Gasteiger partial charge in [-0.1, -0.05) is 35.3 Å². The van der Waals surface area contributed by atoms with E-state index in [1.54, 1.807) is 35.2 Å². The van der Waals surface area contributed by atoms with Crippen molar-refractivity contribution >= 4 is 50.5 Å². The summed E-state index contributed by atoms with van der Waals surface area (Å²) in [5.74, 6) is 0.292. The summed E-state index contributed by atoms with van der Waals surface area (Å²) in [7, 11) is -3.26. The number of hydrogen-bond acceptors (Lipinski definition) is 6. The first-order valence-corrected chi connectivity index (χ1v) is 16.3. The summed E-state index contributed by atoms with van der Waals surface area (Å²) in [5.41, 5.74) is 1.94. The number of non-ortho nitro benzene ring substituents is 1. The average Bonchev–Trinajstić information content (AvgIpc) is 2.93. The van der Waals surface area contributed by atoms with Crippen LogP contribution in [-0.2, 0) is 21.2 Å². The van der Waals surface area contributed by atoms with Gasteiger partial charge in [-0.3, -0.25) is 14.9 Å². The van der Waals surface area contributed by atoms with Crippen molar-refractivity contribution in [3.05, 3.63) is 68.2 Å². The zero-order valence-electron chi connectivity index (χ0n) is 22.7. The lowest BCUT2D eigenvalue weighted by Crippen LogP contribution is -2.45. The first-order valence-electron chi connectivity index (χ1n) is 13.7. The highest BCUT2D eigenvalue weighted by atomic mass is 35.5. The van der Waals surface area contributed by atoms with Crippen LogP contribution in [0.5, 0.6) is 0 Å². The van der Waals surface area contributed by atoms with Crippen LogP contribution in [0.25, 0.3) is 0 Å². The molecule has 0 saturated carbocycles. The number of sulfonamides is 1. The van der Waals surface area contributed by atoms with Crippen molar-refractivity contribution in [2.75, 3.05) is 50.4 Å². The second-order valence-electron chi connectivity index (χ2n) is 10.8. The quantitative estimate of drug-likeness (QED) is 0.269. The van der Waals surface area contributed by atoms with E-state index in [9.17, 15) is 23.3 Å². The fourth-order valence-electron chi connectivity index (χ4n) is 5.63. The monoisotopic (exact) mass is 610 g/mol. The second-order valence-corrected chi connectivity index (χ2v) is 13.6. The molecule has 4 rings (SSSR count). The van der Waals surface area contributed by atoms with Gasteiger partial charge < -0.3 is 9.80 Å². The molecule has 0 bridgehead atoms. The molecule has 0 N–H and O–H groups in total. The van der Waals surface area contributed by atoms with E-state index < -0.39 is 10.0 Å². The van der Waals surface area contributed by atoms with Crippen molar-refractivity contribution in [2.24, 2.45) is 11.8 Å². The minimum absolute atomic E-state index is 0.00616. The van der Waals surface area contributed by atoms with Gasteiger partial charge in [0.25, 0.3) is 5.69 Å². The minimum atomic E-state index is -3.26. The summed E-state index contributed by atoms with van der Waals surface area (Å²) >= 11 is 12.4. The number of halogens is 2. The molecule has 1 amide bonds. The zero-order chi connectivity index (χ0) is 28.9. The first kappa shape index (κ1) is 30.7. The van der Waals surface area contributed by atoms with E-state index in [2.05, 4.69) is 4.90 Å². The summed E-state index contributed by atoms with van der Waals surface area (Å²) in [6, 6.07) is 12.1. The van der Waals surface area contributed by atoms with Crippen molar-refractivity contribution < 1.29 is 18.1 Å². The van der Waals surface area contributed by atoms with Crippen LogP contribution in [0.4, 0.5) is 11.4 Å². The number of nitro groups is 1. The molecule has 0 aromatic heterocycles. The fraction of sp³-hybridized carbons (Fsp3) is 0.536. The molecule has 2 heterocycles. The van der Waals surface area contributed by atoms with Crippen LogP contribution in [0.1, 0.15) is 37.7 Å². The zero-order valence-corrected chi connectivity index (χ0v) is 25.0. The SMILES string of the molecule is CS(=O)(=O)N1CCC(C(=O)N(CCCN2CCC(Cc3ccc([N+](=O)[O-])cc3)CC2)c2ccc(Cl)c(Cl)c2)CC1. The molecule has 2 saturated heterocycles. The van der Waals surface area contributed by atoms with Crippen molar-refractivity contribution in [3.8, 4) is 0 Å². The molecule has 0 unspecified atom stereocenters. The highest BCUT2D eigenvalue weighted by molar-refractivity contribution is 7.88. The molecule has 2 aromatic carbocycles. The van der Waals surface area contributed by atoms with E-state index in [0.29, 0.717) is 54.1 Å². The van der Waals surface area contributed by atoms with E-state index in [0.717, 1.165) is 50.9 Å². The molecular formula is C28H36Cl2N4O5S. The summed E-state index contributed by atoms with van der Waals surface area (Å²) in [5, 5.41) is 11.7. The summed E-state index contributed by atoms with van der Waals surface area (Å²) < 4.78 is 25.2. The summed E-state index contributed by atoms with van der Waals surface area (Å²) in [6.07, 6.45) is 6.02. The van der Waals surface area contributed by atoms with E-state index in [1.165, 1.54) is 10.6 Å². The van der Waals surface area contributed by atoms with Gasteiger partial charge in [0.05, 0.1) is 21.2 Å². The number of carbonyl (C=O) groups excluding carboxylic acids is 1. The van der Waals surface area contributed by atoms with Gasteiger partial charge in [-0.2, -0.15) is 0 Å². The summed E-state index contributed by atoms with van der Waals surface area (Å²) in [4.78, 5) is 28.4. The largest absolute Gasteiger partial charge is 0.312 e. The van der Waals surface area contributed by atoms with Crippen molar-refractivity contribution in [1.29, 1.82) is 0 Å². The molecule has 0 radical (unpaired) electrons. The molecule has 2 fully saturated rings. The van der Waals surface area contributed by atoms with Gasteiger partial charge in [0.15, 0.2) is 0 Å². The number of nitrogens with zero attached hydrogens (tertiary/aromatic N) is 4. The van der Waals surface area contributed by atoms with Gasteiger partial charge in [0.1, 0.15) is 0 Å². The number of anilines is 1. The van der Waals surface area contributed by atoms with Crippen molar-refractivity contribution in [3.63, 3.8) is 0 Å². The normalized spacial score (nSPS) is 18.1. The lowest BCUT2D eigenvalue weighted by molar-refractivity contribution is -0.384. The van der Waals surface area contributed by atoms with Crippen LogP contribution in [0, 0.1) is 22.0 Å². The smallest absolute Gasteiger partial charge is 0.269 e. The molecule has 2 aliphatic heterocycles. The predicted octanol–water partition coefficient (Wildman–Crippen LogP) is 5.25. The fourth-order valence-corrected chi connectivity index (χ4v) is 6.79. The van der Waals surface area contributed by atoms with E-state index in [4.69, 9.17) is 23.2 Å². The molecule has 2 aliphatic rings. The topological polar surface area (TPSA) is 104 Å². The van der Waals surface area contributed by atoms with Crippen molar-refractivity contribution in [1.82, 2.24) is 9.21 Å². The third-order valence-electron chi connectivity index (χ3n) is 7.99. The van der Waals surface area contributed by atoms with Gasteiger partial charge in [-0.05, 0) is 87.8 Å². The Morgan fingerprint density at radius 1 is 1.00 bits per heavy atom. The molecule has 12 heteroatoms. The van der Waals surface area contributed by atoms with Gasteiger partial charge in [0, 0.05) is 43.4 Å². The molecule has 218 valence electrons. The molecule has 0 spiro atoms. The maximum atomic E-state index is 13.6. The van der Waals surface area contributed by atoms with Gasteiger partial charge >= 0.3 is 0 Å². The maximum Gasteiger partial charge on any atom is 0.269 e. The van der Waals surface area contributed by atoms with Crippen LogP contribution >= 0.6 is 23.2 Å². The molecular weight excluding hydrogens is 575 g/mol. The highest BCUT2D eigenvalue weighted by Gasteiger charge is 2.32. The van der Waals surface area contributed by atoms with Gasteiger partial charge in [0.2, 0.25) is 15.9 Å². The van der Waals surface area contributed by atoms with E-state index >= 15 is 0 Å². The van der Waals surface area contributed by atoms with Crippen LogP contribution in [-0.4, -0.2) is 74.0 Å². The van der Waals surface area contributed by atoms with Crippen LogP contribution < -0.4 is 4.90 Å². The molecule has 0 atom stereocenters. The Hall–Kier alpha value is -2.24. The van der Waals surface area contributed by atoms with E-state index in [-0.39, 0.29) is 22.4 Å². The highest BCUT2D eigenvalue weighted by Crippen LogP contribution is 2.30. The Bertz CT molecular complexity index is 1290. The molecule has 9 nitrogen and oxygen atoms in total. The predicted molar refractivity (Wildman–Crippen MR) is 159 cm³/mol. The number of amides is 1. The Morgan fingerprint density at radius 3 is 2.23 bits per heavy atom. The minimum Gasteiger partial charge on any atom is -0.312 e. The number of rotatable bonds is 10. The number of carbonyl (C=O) groups is 1. The maximum absolute atomic E-state index is 13.6. The van der Waals surface area contributed by atoms with Gasteiger partial charge in [-0.15, -0.1) is 0 Å². The van der Waals surface area contributed by atoms with Crippen LogP contribution in [0.15, 0.2) is 42.5 Å². The number of hydrogen-bond donors (Lipinski definition) is 0. The first-order chi connectivity index (χ1) is 19.0.